The van der Waals surface area contributed by atoms with Crippen LogP contribution in [0.15, 0.2) is 72.8 Å². The van der Waals surface area contributed by atoms with Gasteiger partial charge in [0.25, 0.3) is 0 Å². The highest BCUT2D eigenvalue weighted by atomic mass is 19.1. The number of amides is 1. The summed E-state index contributed by atoms with van der Waals surface area (Å²) < 4.78 is 45.6. The number of esters is 1. The monoisotopic (exact) mass is 936 g/mol. The van der Waals surface area contributed by atoms with Gasteiger partial charge in [-0.3, -0.25) is 14.4 Å². The van der Waals surface area contributed by atoms with Gasteiger partial charge < -0.3 is 45.0 Å². The number of carboxylic acids is 1. The second-order valence-corrected chi connectivity index (χ2v) is 17.4. The summed E-state index contributed by atoms with van der Waals surface area (Å²) in [6.45, 7) is 13.1. The van der Waals surface area contributed by atoms with Crippen LogP contribution in [0.2, 0.25) is 0 Å². The molecule has 3 aromatic heterocycles. The Bertz CT molecular complexity index is 2630. The number of anilines is 3. The summed E-state index contributed by atoms with van der Waals surface area (Å²) in [4.78, 5) is 61.3. The van der Waals surface area contributed by atoms with Crippen molar-refractivity contribution in [1.82, 2.24) is 29.7 Å². The fraction of sp³-hybridized carbons (Fsp3) is 0.400. The molecule has 360 valence electrons. The lowest BCUT2D eigenvalue weighted by atomic mass is 10.1. The SMILES string of the molecule is CCOC(=O)Cc1nc(N2CCN(C)CC2)cc2ccc(F)cc12.CN1CCN(c2cc3ccc(F)cc3c(CC(=O)O)n2)CC1.CN1CCN(c2cc3ccc(F)cc3c(CC(N)=O)n2)CC1. The van der Waals surface area contributed by atoms with E-state index in [9.17, 15) is 27.6 Å². The van der Waals surface area contributed by atoms with E-state index in [1.165, 1.54) is 36.4 Å². The van der Waals surface area contributed by atoms with Crippen LogP contribution in [0.3, 0.4) is 0 Å². The van der Waals surface area contributed by atoms with Crippen LogP contribution in [0.4, 0.5) is 30.6 Å². The summed E-state index contributed by atoms with van der Waals surface area (Å²) in [6, 6.07) is 19.4. The molecule has 1 amide bonds. The summed E-state index contributed by atoms with van der Waals surface area (Å²) in [5.74, 6) is -0.399. The van der Waals surface area contributed by atoms with Crippen LogP contribution in [0.5, 0.6) is 0 Å². The lowest BCUT2D eigenvalue weighted by Gasteiger charge is -2.33. The minimum Gasteiger partial charge on any atom is -0.481 e. The number of primary amides is 1. The fourth-order valence-corrected chi connectivity index (χ4v) is 8.48. The lowest BCUT2D eigenvalue weighted by Crippen LogP contribution is -2.44. The normalized spacial score (nSPS) is 16.0. The molecule has 6 aromatic rings. The van der Waals surface area contributed by atoms with Gasteiger partial charge in [0.15, 0.2) is 0 Å². The molecule has 0 spiro atoms. The standard InChI is InChI=1S/C18H22FN3O2.C16H19FN4O.C16H18FN3O2/c1-3-24-18(23)12-16-15-11-14(19)5-4-13(15)10-17(20-16)22-8-6-21(2)7-9-22;1-20-4-6-21(7-5-20)16-8-11-2-3-12(17)9-13(11)14(19-16)10-15(18)22;1-19-4-6-20(7-5-19)15-8-11-2-3-12(17)9-13(11)14(18-15)10-16(21)22/h4-5,10-11H,3,6-9,12H2,1-2H3;2-3,8-9H,4-7,10H2,1H3,(H2,18,22);2-3,8-9H,4-7,10H2,1H3,(H,21,22). The lowest BCUT2D eigenvalue weighted by molar-refractivity contribution is -0.142. The Labute approximate surface area is 393 Å². The van der Waals surface area contributed by atoms with Crippen LogP contribution in [0.25, 0.3) is 32.3 Å². The highest BCUT2D eigenvalue weighted by molar-refractivity contribution is 5.92. The maximum Gasteiger partial charge on any atom is 0.311 e. The van der Waals surface area contributed by atoms with Crippen LogP contribution < -0.4 is 20.4 Å². The van der Waals surface area contributed by atoms with E-state index in [0.717, 1.165) is 112 Å². The summed E-state index contributed by atoms with van der Waals surface area (Å²) in [5.41, 5.74) is 6.83. The molecule has 3 saturated heterocycles. The van der Waals surface area contributed by atoms with E-state index < -0.39 is 11.9 Å². The molecule has 9 rings (SSSR count). The Morgan fingerprint density at radius 2 is 0.853 bits per heavy atom. The van der Waals surface area contributed by atoms with Gasteiger partial charge >= 0.3 is 11.9 Å². The first-order chi connectivity index (χ1) is 32.6. The van der Waals surface area contributed by atoms with Crippen molar-refractivity contribution in [3.8, 4) is 0 Å². The minimum atomic E-state index is -0.964. The third-order valence-corrected chi connectivity index (χ3v) is 12.3. The van der Waals surface area contributed by atoms with Crippen LogP contribution in [-0.4, -0.2) is 159 Å². The zero-order valence-electron chi connectivity index (χ0n) is 39.1. The average molecular weight is 937 g/mol. The van der Waals surface area contributed by atoms with E-state index in [1.54, 1.807) is 25.1 Å². The zero-order valence-corrected chi connectivity index (χ0v) is 39.1. The number of carbonyl (C=O) groups excluding carboxylic acids is 2. The molecule has 0 bridgehead atoms. The summed E-state index contributed by atoms with van der Waals surface area (Å²) in [5, 5.41) is 13.6. The van der Waals surface area contributed by atoms with Gasteiger partial charge in [-0.1, -0.05) is 18.2 Å². The number of carboxylic acid groups (broad SMARTS) is 1. The molecule has 3 fully saturated rings. The summed E-state index contributed by atoms with van der Waals surface area (Å²) in [6.07, 6.45) is -0.140. The quantitative estimate of drug-likeness (QED) is 0.174. The number of benzene rings is 3. The zero-order chi connectivity index (χ0) is 48.5. The molecule has 3 aliphatic rings. The maximum absolute atomic E-state index is 13.6. The van der Waals surface area contributed by atoms with E-state index in [-0.39, 0.29) is 42.7 Å². The van der Waals surface area contributed by atoms with E-state index in [4.69, 9.17) is 15.6 Å². The first kappa shape index (κ1) is 49.3. The van der Waals surface area contributed by atoms with Crippen molar-refractivity contribution >= 4 is 67.6 Å². The van der Waals surface area contributed by atoms with Crippen LogP contribution >= 0.6 is 0 Å². The number of pyridine rings is 3. The predicted octanol–water partition coefficient (Wildman–Crippen LogP) is 5.14. The number of hydrogen-bond acceptors (Lipinski definition) is 13. The van der Waals surface area contributed by atoms with Crippen LogP contribution in [0.1, 0.15) is 24.0 Å². The van der Waals surface area contributed by atoms with Crippen molar-refractivity contribution in [3.05, 3.63) is 107 Å². The Kier molecular flexibility index (Phi) is 16.3. The highest BCUT2D eigenvalue weighted by Gasteiger charge is 2.22. The van der Waals surface area contributed by atoms with E-state index in [2.05, 4.69) is 65.5 Å². The number of nitrogens with two attached hydrogens (primary N) is 1. The first-order valence-corrected chi connectivity index (χ1v) is 22.9. The van der Waals surface area contributed by atoms with Crippen molar-refractivity contribution < 1.29 is 37.4 Å². The molecular weight excluding hydrogens is 878 g/mol. The van der Waals surface area contributed by atoms with Gasteiger partial charge in [-0.05, 0) is 98.8 Å². The largest absolute Gasteiger partial charge is 0.481 e. The number of aliphatic carboxylic acids is 1. The molecule has 3 aromatic carbocycles. The number of halogens is 3. The number of aromatic nitrogens is 3. The molecule has 68 heavy (non-hydrogen) atoms. The van der Waals surface area contributed by atoms with Gasteiger partial charge in [-0.15, -0.1) is 0 Å². The Balaban J connectivity index is 0.000000151. The molecule has 6 heterocycles. The van der Waals surface area contributed by atoms with Crippen molar-refractivity contribution in [2.75, 3.05) is 121 Å². The van der Waals surface area contributed by atoms with E-state index >= 15 is 0 Å². The third kappa shape index (κ3) is 12.9. The molecular formula is C50H59F3N10O5. The highest BCUT2D eigenvalue weighted by Crippen LogP contribution is 2.28. The first-order valence-electron chi connectivity index (χ1n) is 22.9. The molecule has 0 atom stereocenters. The van der Waals surface area contributed by atoms with Crippen molar-refractivity contribution in [3.63, 3.8) is 0 Å². The molecule has 15 nitrogen and oxygen atoms in total. The molecule has 0 unspecified atom stereocenters. The molecule has 0 radical (unpaired) electrons. The van der Waals surface area contributed by atoms with E-state index in [0.29, 0.717) is 39.8 Å². The number of carbonyl (C=O) groups is 3. The number of rotatable bonds is 10. The summed E-state index contributed by atoms with van der Waals surface area (Å²) >= 11 is 0. The van der Waals surface area contributed by atoms with Gasteiger partial charge in [-0.25, -0.2) is 28.1 Å². The fourth-order valence-electron chi connectivity index (χ4n) is 8.48. The molecule has 0 saturated carbocycles. The van der Waals surface area contributed by atoms with Gasteiger partial charge in [0.05, 0.1) is 43.0 Å². The number of piperazine rings is 3. The minimum absolute atomic E-state index is 0.0154. The topological polar surface area (TPSA) is 165 Å². The van der Waals surface area contributed by atoms with Gasteiger partial charge in [-0.2, -0.15) is 0 Å². The van der Waals surface area contributed by atoms with Crippen molar-refractivity contribution in [2.24, 2.45) is 5.73 Å². The second-order valence-electron chi connectivity index (χ2n) is 17.4. The Morgan fingerprint density at radius 1 is 0.529 bits per heavy atom. The number of ether oxygens (including phenoxy) is 1. The Hall–Kier alpha value is -6.63. The number of likely N-dealkylation sites (N-methyl/N-ethyl adjacent to an activating group) is 3. The van der Waals surface area contributed by atoms with Crippen LogP contribution in [0, 0.1) is 17.5 Å². The average Bonchev–Trinajstić information content (AvgIpc) is 3.30. The van der Waals surface area contributed by atoms with Crippen molar-refractivity contribution in [1.29, 1.82) is 0 Å². The van der Waals surface area contributed by atoms with Crippen molar-refractivity contribution in [2.45, 2.75) is 26.2 Å². The summed E-state index contributed by atoms with van der Waals surface area (Å²) in [7, 11) is 6.26. The van der Waals surface area contributed by atoms with Gasteiger partial charge in [0.2, 0.25) is 5.91 Å². The third-order valence-electron chi connectivity index (χ3n) is 12.3. The van der Waals surface area contributed by atoms with Gasteiger partial charge in [0.1, 0.15) is 34.9 Å². The molecule has 18 heteroatoms. The smallest absolute Gasteiger partial charge is 0.311 e. The predicted molar refractivity (Wildman–Crippen MR) is 259 cm³/mol. The Morgan fingerprint density at radius 3 is 1.16 bits per heavy atom. The molecule has 3 N–H and O–H groups in total. The number of fused-ring (bicyclic) bond motifs is 3. The second kappa shape index (κ2) is 22.4. The maximum atomic E-state index is 13.6. The van der Waals surface area contributed by atoms with Crippen LogP contribution in [-0.2, 0) is 38.4 Å². The van der Waals surface area contributed by atoms with E-state index in [1.807, 2.05) is 18.2 Å². The number of nitrogens with zero attached hydrogens (tertiary/aromatic N) is 9. The molecule has 0 aliphatic carbocycles. The number of hydrogen-bond donors (Lipinski definition) is 2. The van der Waals surface area contributed by atoms with Gasteiger partial charge in [0, 0.05) is 94.7 Å². The molecule has 3 aliphatic heterocycles.